The molecule has 0 aromatic heterocycles. The van der Waals surface area contributed by atoms with Crippen LogP contribution in [0.3, 0.4) is 0 Å². The normalized spacial score (nSPS) is 17.7. The maximum Gasteiger partial charge on any atom is 0.309 e. The molecule has 154 valence electrons. The largest absolute Gasteiger partial charge is 0.383 e. The van der Waals surface area contributed by atoms with E-state index >= 15 is 0 Å². The lowest BCUT2D eigenvalue weighted by Crippen LogP contribution is -2.50. The van der Waals surface area contributed by atoms with E-state index in [9.17, 15) is 14.7 Å². The number of amides is 2. The number of carbonyl (C=O) groups excluding carboxylic acids is 2. The maximum absolute atomic E-state index is 12.4. The molecule has 0 unspecified atom stereocenters. The van der Waals surface area contributed by atoms with Crippen molar-refractivity contribution < 1.29 is 19.4 Å². The second-order valence-electron chi connectivity index (χ2n) is 7.47. The molecule has 1 heterocycles. The Morgan fingerprint density at radius 2 is 1.62 bits per heavy atom. The number of aliphatic hydroxyl groups is 1. The van der Waals surface area contributed by atoms with Crippen molar-refractivity contribution in [3.05, 3.63) is 71.8 Å². The Labute approximate surface area is 171 Å². The number of rotatable bonds is 6. The van der Waals surface area contributed by atoms with Crippen LogP contribution in [0.2, 0.25) is 0 Å². The Morgan fingerprint density at radius 3 is 2.24 bits per heavy atom. The van der Waals surface area contributed by atoms with Crippen LogP contribution in [0.25, 0.3) is 0 Å². The molecule has 1 aliphatic heterocycles. The van der Waals surface area contributed by atoms with Gasteiger partial charge in [0.25, 0.3) is 0 Å². The third-order valence-corrected chi connectivity index (χ3v) is 5.54. The zero-order chi connectivity index (χ0) is 20.7. The fourth-order valence-electron chi connectivity index (χ4n) is 3.77. The highest BCUT2D eigenvalue weighted by molar-refractivity contribution is 6.35. The van der Waals surface area contributed by atoms with Crippen LogP contribution in [0, 0.1) is 5.92 Å². The van der Waals surface area contributed by atoms with E-state index in [-0.39, 0.29) is 18.5 Å². The maximum atomic E-state index is 12.4. The smallest absolute Gasteiger partial charge is 0.309 e. The molecule has 6 nitrogen and oxygen atoms in total. The van der Waals surface area contributed by atoms with Crippen LogP contribution in [0.4, 0.5) is 0 Å². The van der Waals surface area contributed by atoms with Crippen molar-refractivity contribution in [1.82, 2.24) is 10.6 Å². The second kappa shape index (κ2) is 9.67. The number of nitrogens with one attached hydrogen (secondary N) is 2. The van der Waals surface area contributed by atoms with E-state index in [4.69, 9.17) is 4.74 Å². The molecular formula is C23H28N2O4. The molecule has 6 heteroatoms. The molecule has 0 radical (unpaired) electrons. The van der Waals surface area contributed by atoms with Crippen LogP contribution in [-0.4, -0.2) is 36.7 Å². The molecule has 3 N–H and O–H groups in total. The van der Waals surface area contributed by atoms with Crippen LogP contribution in [0.1, 0.15) is 36.9 Å². The number of benzene rings is 2. The van der Waals surface area contributed by atoms with Crippen LogP contribution < -0.4 is 10.6 Å². The van der Waals surface area contributed by atoms with Gasteiger partial charge in [-0.3, -0.25) is 9.59 Å². The third-order valence-electron chi connectivity index (χ3n) is 5.54. The minimum Gasteiger partial charge on any atom is -0.383 e. The van der Waals surface area contributed by atoms with Crippen molar-refractivity contribution >= 4 is 11.8 Å². The van der Waals surface area contributed by atoms with Gasteiger partial charge in [0, 0.05) is 13.2 Å². The summed E-state index contributed by atoms with van der Waals surface area (Å²) in [4.78, 5) is 24.7. The average molecular weight is 396 g/mol. The highest BCUT2D eigenvalue weighted by Gasteiger charge is 2.39. The minimum atomic E-state index is -1.26. The van der Waals surface area contributed by atoms with Gasteiger partial charge >= 0.3 is 11.8 Å². The number of hydrogen-bond acceptors (Lipinski definition) is 4. The van der Waals surface area contributed by atoms with Crippen LogP contribution in [0.15, 0.2) is 60.7 Å². The summed E-state index contributed by atoms with van der Waals surface area (Å²) in [5, 5.41) is 16.8. The molecule has 1 aliphatic rings. The van der Waals surface area contributed by atoms with E-state index in [0.717, 1.165) is 11.1 Å². The lowest BCUT2D eigenvalue weighted by Gasteiger charge is -2.39. The first-order valence-corrected chi connectivity index (χ1v) is 10.00. The zero-order valence-electron chi connectivity index (χ0n) is 16.6. The Morgan fingerprint density at radius 1 is 1.03 bits per heavy atom. The molecule has 0 aliphatic carbocycles. The third kappa shape index (κ3) is 5.22. The first kappa shape index (κ1) is 21.0. The van der Waals surface area contributed by atoms with Crippen molar-refractivity contribution in [3.63, 3.8) is 0 Å². The van der Waals surface area contributed by atoms with E-state index in [0.29, 0.717) is 26.1 Å². The molecule has 29 heavy (non-hydrogen) atoms. The molecule has 2 aromatic carbocycles. The van der Waals surface area contributed by atoms with Gasteiger partial charge in [-0.15, -0.1) is 0 Å². The van der Waals surface area contributed by atoms with E-state index < -0.39 is 17.4 Å². The highest BCUT2D eigenvalue weighted by Crippen LogP contribution is 2.35. The number of ether oxygens (including phenoxy) is 1. The van der Waals surface area contributed by atoms with Gasteiger partial charge in [0.2, 0.25) is 0 Å². The summed E-state index contributed by atoms with van der Waals surface area (Å²) in [7, 11) is 0. The molecule has 1 fully saturated rings. The van der Waals surface area contributed by atoms with Gasteiger partial charge < -0.3 is 20.5 Å². The fourth-order valence-corrected chi connectivity index (χ4v) is 3.77. The first-order valence-electron chi connectivity index (χ1n) is 10.00. The molecule has 0 spiro atoms. The summed E-state index contributed by atoms with van der Waals surface area (Å²) in [6.45, 7) is 2.93. The van der Waals surface area contributed by atoms with Gasteiger partial charge in [-0.05, 0) is 36.8 Å². The summed E-state index contributed by atoms with van der Waals surface area (Å²) in [6.07, 6.45) is 1.39. The molecule has 3 rings (SSSR count). The molecular weight excluding hydrogens is 368 g/mol. The molecule has 2 atom stereocenters. The summed E-state index contributed by atoms with van der Waals surface area (Å²) < 4.78 is 5.42. The average Bonchev–Trinajstić information content (AvgIpc) is 2.79. The van der Waals surface area contributed by atoms with Crippen molar-refractivity contribution in [3.8, 4) is 0 Å². The Bertz CT molecular complexity index is 806. The fraction of sp³-hybridized carbons (Fsp3) is 0.391. The molecule has 0 bridgehead atoms. The zero-order valence-corrected chi connectivity index (χ0v) is 16.6. The van der Waals surface area contributed by atoms with Gasteiger partial charge in [0.1, 0.15) is 5.60 Å². The predicted octanol–water partition coefficient (Wildman–Crippen LogP) is 2.29. The van der Waals surface area contributed by atoms with Gasteiger partial charge in [-0.25, -0.2) is 0 Å². The topological polar surface area (TPSA) is 87.7 Å². The first-order chi connectivity index (χ1) is 14.0. The van der Waals surface area contributed by atoms with Crippen LogP contribution in [0.5, 0.6) is 0 Å². The van der Waals surface area contributed by atoms with E-state index in [2.05, 4.69) is 10.6 Å². The lowest BCUT2D eigenvalue weighted by atomic mass is 9.77. The van der Waals surface area contributed by atoms with Crippen LogP contribution in [-0.2, 0) is 19.9 Å². The van der Waals surface area contributed by atoms with Gasteiger partial charge in [0.15, 0.2) is 0 Å². The molecule has 0 saturated carbocycles. The van der Waals surface area contributed by atoms with E-state index in [1.54, 1.807) is 0 Å². The minimum absolute atomic E-state index is 0.0341. The molecule has 2 aromatic rings. The monoisotopic (exact) mass is 396 g/mol. The second-order valence-corrected chi connectivity index (χ2v) is 7.47. The Kier molecular flexibility index (Phi) is 7.01. The summed E-state index contributed by atoms with van der Waals surface area (Å²) >= 11 is 0. The quantitative estimate of drug-likeness (QED) is 0.654. The van der Waals surface area contributed by atoms with Crippen molar-refractivity contribution in [2.75, 3.05) is 19.8 Å². The van der Waals surface area contributed by atoms with Gasteiger partial charge in [-0.1, -0.05) is 60.7 Å². The van der Waals surface area contributed by atoms with E-state index in [1.165, 1.54) is 0 Å². The summed E-state index contributed by atoms with van der Waals surface area (Å²) in [6, 6.07) is 18.4. The van der Waals surface area contributed by atoms with Crippen LogP contribution >= 0.6 is 0 Å². The van der Waals surface area contributed by atoms with Crippen molar-refractivity contribution in [2.45, 2.75) is 31.4 Å². The van der Waals surface area contributed by atoms with Crippen molar-refractivity contribution in [1.29, 1.82) is 0 Å². The number of hydrogen-bond donors (Lipinski definition) is 3. The molecule has 2 amide bonds. The lowest BCUT2D eigenvalue weighted by molar-refractivity contribution is -0.141. The summed E-state index contributed by atoms with van der Waals surface area (Å²) in [5.41, 5.74) is 0.383. The predicted molar refractivity (Wildman–Crippen MR) is 110 cm³/mol. The standard InChI is InChI=1S/C23H28N2O4/c1-17(18-8-4-2-5-9-18)25-22(27)21(26)24-16-23(28,19-10-6-3-7-11-19)20-12-14-29-15-13-20/h2-11,17,20,28H,12-16H2,1H3,(H,24,26)(H,25,27)/t17-,23+/m1/s1. The van der Waals surface area contributed by atoms with Crippen molar-refractivity contribution in [2.24, 2.45) is 5.92 Å². The van der Waals surface area contributed by atoms with Gasteiger partial charge in [-0.2, -0.15) is 0 Å². The van der Waals surface area contributed by atoms with Gasteiger partial charge in [0.05, 0.1) is 12.6 Å². The summed E-state index contributed by atoms with van der Waals surface area (Å²) in [5.74, 6) is -1.54. The highest BCUT2D eigenvalue weighted by atomic mass is 16.5. The Hall–Kier alpha value is -2.70. The number of carbonyl (C=O) groups is 2. The SMILES string of the molecule is C[C@@H](NC(=O)C(=O)NC[C@](O)(c1ccccc1)C1CCOCC1)c1ccccc1. The Balaban J connectivity index is 1.65. The van der Waals surface area contributed by atoms with E-state index in [1.807, 2.05) is 67.6 Å². The molecule has 1 saturated heterocycles.